The van der Waals surface area contributed by atoms with Crippen LogP contribution in [-0.2, 0) is 20.1 Å². The van der Waals surface area contributed by atoms with Crippen molar-refractivity contribution in [3.05, 3.63) is 138 Å². The second-order valence-corrected chi connectivity index (χ2v) is 9.30. The maximum Gasteiger partial charge on any atom is 3.00 e. The van der Waals surface area contributed by atoms with Gasteiger partial charge in [0.15, 0.2) is 0 Å². The number of hydrogen-bond donors (Lipinski definition) is 0. The van der Waals surface area contributed by atoms with Gasteiger partial charge < -0.3 is 14.8 Å². The summed E-state index contributed by atoms with van der Waals surface area (Å²) < 4.78 is 1.20. The SMILES string of the molecule is CN1[CH-]N(c2[c-]cc(I)cc2)c2ccccc21.[Ir+3].[c-]1ccccc1-c1ccc(-c2ccccc2)cn1. The van der Waals surface area contributed by atoms with Crippen LogP contribution in [-0.4, -0.2) is 12.0 Å². The summed E-state index contributed by atoms with van der Waals surface area (Å²) in [4.78, 5) is 8.78. The van der Waals surface area contributed by atoms with Crippen LogP contribution >= 0.6 is 22.6 Å². The van der Waals surface area contributed by atoms with E-state index in [0.29, 0.717) is 0 Å². The molecular formula is C31H23IIrN3. The van der Waals surface area contributed by atoms with Gasteiger partial charge in [0.25, 0.3) is 0 Å². The Balaban J connectivity index is 0.000000165. The van der Waals surface area contributed by atoms with Crippen LogP contribution < -0.4 is 9.80 Å². The second kappa shape index (κ2) is 12.3. The number of nitrogens with zero attached hydrogens (tertiary/aromatic N) is 3. The molecular weight excluding hydrogens is 733 g/mol. The molecule has 0 unspecified atom stereocenters. The van der Waals surface area contributed by atoms with E-state index in [0.717, 1.165) is 22.5 Å². The van der Waals surface area contributed by atoms with Crippen LogP contribution in [0, 0.1) is 22.4 Å². The van der Waals surface area contributed by atoms with Crippen LogP contribution in [0.1, 0.15) is 0 Å². The Hall–Kier alpha value is -2.99. The van der Waals surface area contributed by atoms with Crippen LogP contribution in [0.3, 0.4) is 0 Å². The van der Waals surface area contributed by atoms with Gasteiger partial charge in [0.1, 0.15) is 0 Å². The molecule has 178 valence electrons. The molecule has 0 spiro atoms. The minimum atomic E-state index is 0. The molecule has 5 heteroatoms. The van der Waals surface area contributed by atoms with E-state index in [-0.39, 0.29) is 20.1 Å². The van der Waals surface area contributed by atoms with Gasteiger partial charge >= 0.3 is 20.1 Å². The van der Waals surface area contributed by atoms with E-state index in [9.17, 15) is 0 Å². The van der Waals surface area contributed by atoms with Crippen molar-refractivity contribution in [1.29, 1.82) is 0 Å². The number of anilines is 3. The molecule has 1 aliphatic heterocycles. The van der Waals surface area contributed by atoms with Gasteiger partial charge in [-0.15, -0.1) is 70.2 Å². The first-order valence-electron chi connectivity index (χ1n) is 11.3. The molecule has 0 aliphatic carbocycles. The van der Waals surface area contributed by atoms with Gasteiger partial charge in [0.2, 0.25) is 0 Å². The number of fused-ring (bicyclic) bond motifs is 1. The van der Waals surface area contributed by atoms with Crippen molar-refractivity contribution in [2.75, 3.05) is 16.8 Å². The number of para-hydroxylation sites is 2. The third kappa shape index (κ3) is 6.04. The molecule has 6 rings (SSSR count). The fraction of sp³-hybridized carbons (Fsp3) is 0.0323. The summed E-state index contributed by atoms with van der Waals surface area (Å²) in [6.45, 7) is 2.09. The van der Waals surface area contributed by atoms with Crippen molar-refractivity contribution in [2.45, 2.75) is 0 Å². The number of benzene rings is 4. The van der Waals surface area contributed by atoms with Crippen molar-refractivity contribution in [2.24, 2.45) is 0 Å². The Morgan fingerprint density at radius 3 is 2.17 bits per heavy atom. The predicted molar refractivity (Wildman–Crippen MR) is 153 cm³/mol. The third-order valence-corrected chi connectivity index (χ3v) is 6.35. The van der Waals surface area contributed by atoms with E-state index in [1.165, 1.54) is 20.5 Å². The summed E-state index contributed by atoms with van der Waals surface area (Å²) >= 11 is 2.29. The van der Waals surface area contributed by atoms with Gasteiger partial charge in [-0.3, -0.25) is 0 Å². The number of pyridine rings is 1. The van der Waals surface area contributed by atoms with Crippen molar-refractivity contribution in [3.63, 3.8) is 0 Å². The molecule has 0 atom stereocenters. The molecule has 0 saturated carbocycles. The summed E-state index contributed by atoms with van der Waals surface area (Å²) in [5.74, 6) is 0. The minimum absolute atomic E-state index is 0. The van der Waals surface area contributed by atoms with E-state index >= 15 is 0 Å². The summed E-state index contributed by atoms with van der Waals surface area (Å²) in [6, 6.07) is 43.3. The maximum atomic E-state index is 4.49. The Kier molecular flexibility index (Phi) is 8.92. The van der Waals surface area contributed by atoms with Gasteiger partial charge in [-0.1, -0.05) is 58.2 Å². The molecule has 1 aromatic heterocycles. The number of aromatic nitrogens is 1. The molecule has 1 aliphatic rings. The number of halogens is 1. The standard InChI is InChI=1S/C17H12N.C14H11IN2.Ir/c1-3-7-14(8-4-1)16-11-12-17(18-13-16)15-9-5-2-6-10-15;1-16-10-17(12-8-6-11(15)7-9-12)14-5-3-2-4-13(14)16;/h1-9,11-13H;2-8,10H,1H3;/q-1;-2;+3. The number of rotatable bonds is 3. The van der Waals surface area contributed by atoms with E-state index in [2.05, 4.69) is 118 Å². The van der Waals surface area contributed by atoms with Crippen molar-refractivity contribution in [1.82, 2.24) is 4.98 Å². The Bertz CT molecular complexity index is 1320. The molecule has 0 N–H and O–H groups in total. The van der Waals surface area contributed by atoms with Gasteiger partial charge in [-0.25, -0.2) is 0 Å². The zero-order valence-corrected chi connectivity index (χ0v) is 24.2. The zero-order valence-electron chi connectivity index (χ0n) is 19.6. The van der Waals surface area contributed by atoms with Gasteiger partial charge in [-0.05, 0) is 36.0 Å². The molecule has 5 aromatic rings. The molecule has 4 aromatic carbocycles. The molecule has 36 heavy (non-hydrogen) atoms. The van der Waals surface area contributed by atoms with E-state index in [1.807, 2.05) is 60.8 Å². The van der Waals surface area contributed by atoms with E-state index in [4.69, 9.17) is 0 Å². The van der Waals surface area contributed by atoms with E-state index in [1.54, 1.807) is 0 Å². The minimum Gasteiger partial charge on any atom is -0.504 e. The van der Waals surface area contributed by atoms with Gasteiger partial charge in [-0.2, -0.15) is 24.9 Å². The summed E-state index contributed by atoms with van der Waals surface area (Å²) in [5.41, 5.74) is 7.80. The average Bonchev–Trinajstić information content (AvgIpc) is 3.27. The zero-order chi connectivity index (χ0) is 24.0. The van der Waals surface area contributed by atoms with Crippen LogP contribution in [0.4, 0.5) is 17.1 Å². The first-order valence-corrected chi connectivity index (χ1v) is 12.4. The second-order valence-electron chi connectivity index (χ2n) is 8.05. The fourth-order valence-corrected chi connectivity index (χ4v) is 4.25. The molecule has 3 nitrogen and oxygen atoms in total. The summed E-state index contributed by atoms with van der Waals surface area (Å²) in [7, 11) is 2.06. The topological polar surface area (TPSA) is 19.4 Å². The van der Waals surface area contributed by atoms with Crippen LogP contribution in [0.15, 0.2) is 115 Å². The Morgan fingerprint density at radius 2 is 1.50 bits per heavy atom. The van der Waals surface area contributed by atoms with Crippen molar-refractivity contribution >= 4 is 39.7 Å². The summed E-state index contributed by atoms with van der Waals surface area (Å²) in [6.07, 6.45) is 1.91. The molecule has 0 amide bonds. The molecule has 0 bridgehead atoms. The van der Waals surface area contributed by atoms with Gasteiger partial charge in [0, 0.05) is 17.6 Å². The quantitative estimate of drug-likeness (QED) is 0.138. The third-order valence-electron chi connectivity index (χ3n) is 5.68. The van der Waals surface area contributed by atoms with E-state index < -0.39 is 0 Å². The normalized spacial score (nSPS) is 11.7. The van der Waals surface area contributed by atoms with Crippen LogP contribution in [0.5, 0.6) is 0 Å². The molecule has 0 radical (unpaired) electrons. The monoisotopic (exact) mass is 757 g/mol. The fourth-order valence-electron chi connectivity index (χ4n) is 3.91. The van der Waals surface area contributed by atoms with Crippen molar-refractivity contribution < 1.29 is 20.1 Å². The van der Waals surface area contributed by atoms with Crippen LogP contribution in [0.2, 0.25) is 0 Å². The molecule has 0 saturated heterocycles. The first-order chi connectivity index (χ1) is 17.2. The van der Waals surface area contributed by atoms with Crippen molar-refractivity contribution in [3.8, 4) is 22.4 Å². The molecule has 2 heterocycles. The maximum absolute atomic E-state index is 4.49. The first kappa shape index (κ1) is 26.1. The van der Waals surface area contributed by atoms with Crippen LogP contribution in [0.25, 0.3) is 22.4 Å². The summed E-state index contributed by atoms with van der Waals surface area (Å²) in [5, 5.41) is 0. The Labute approximate surface area is 240 Å². The van der Waals surface area contributed by atoms with Gasteiger partial charge in [0.05, 0.1) is 0 Å². The predicted octanol–water partition coefficient (Wildman–Crippen LogP) is 8.01. The Morgan fingerprint density at radius 1 is 0.750 bits per heavy atom. The molecule has 0 fully saturated rings. The number of hydrogen-bond acceptors (Lipinski definition) is 3. The largest absolute Gasteiger partial charge is 3.00 e. The average molecular weight is 757 g/mol. The smallest absolute Gasteiger partial charge is 0.504 e.